The van der Waals surface area contributed by atoms with E-state index < -0.39 is 6.10 Å². The molecule has 260 valence electrons. The number of carbonyl (C=O) groups is 1. The van der Waals surface area contributed by atoms with Crippen molar-refractivity contribution in [2.45, 2.75) is 83.9 Å². The summed E-state index contributed by atoms with van der Waals surface area (Å²) in [6, 6.07) is 14.0. The summed E-state index contributed by atoms with van der Waals surface area (Å²) in [7, 11) is 0. The average molecular weight is 663 g/mol. The maximum atomic E-state index is 13.3. The zero-order valence-electron chi connectivity index (χ0n) is 28.2. The first-order valence-electron chi connectivity index (χ1n) is 16.8. The molecule has 2 aliphatic carbocycles. The number of morpholine rings is 1. The number of nitrogens with one attached hydrogen (secondary N) is 4. The number of anilines is 3. The van der Waals surface area contributed by atoms with Crippen LogP contribution in [0.4, 0.5) is 21.7 Å². The van der Waals surface area contributed by atoms with Gasteiger partial charge in [-0.3, -0.25) is 10.2 Å². The lowest BCUT2D eigenvalue weighted by Gasteiger charge is -2.33. The number of hydrogen-bond acceptors (Lipinski definition) is 10. The van der Waals surface area contributed by atoms with Gasteiger partial charge >= 0.3 is 0 Å². The number of hydrogen-bond donors (Lipinski definition) is 6. The van der Waals surface area contributed by atoms with Crippen LogP contribution in [0.1, 0.15) is 81.9 Å². The number of nitrogen functional groups attached to an aromatic ring is 1. The van der Waals surface area contributed by atoms with Crippen LogP contribution >= 0.6 is 0 Å². The van der Waals surface area contributed by atoms with E-state index in [1.165, 1.54) is 56.8 Å². The third-order valence-corrected chi connectivity index (χ3v) is 7.66. The number of nitrogens with zero attached hydrogens (tertiary/aromatic N) is 3. The van der Waals surface area contributed by atoms with Gasteiger partial charge in [-0.2, -0.15) is 0 Å². The number of benzene rings is 2. The van der Waals surface area contributed by atoms with E-state index in [1.54, 1.807) is 19.1 Å². The molecule has 0 radical (unpaired) electrons. The smallest absolute Gasteiger partial charge is 0.251 e. The van der Waals surface area contributed by atoms with Crippen molar-refractivity contribution < 1.29 is 19.0 Å². The Labute approximate surface area is 283 Å². The van der Waals surface area contributed by atoms with Crippen LogP contribution in [0.2, 0.25) is 0 Å². The standard InChI is InChI=1S/C28H32FN7O2.C3H8O.C3H6.C2H5N/c29-20-9-11-22(12-10-20)36-13-14-38-23(16-36)28(37)32-15-18-5-7-19(8-6-18)25(30)24-26(31)33-17-34-27(24)35-21-3-1-2-4-21;1-2-3-4;1-2-3-1;1-2-3/h5-12,17,21,23,30H,1-4,13-16H2,(H,32,37)(H3,31,33,34,35);4H,2-3H2,1H3;1-3H2;2-3H,1H3. The molecule has 12 heteroatoms. The molecular formula is C36H51FN8O3. The molecule has 6 rings (SSSR count). The van der Waals surface area contributed by atoms with E-state index in [9.17, 15) is 9.18 Å². The van der Waals surface area contributed by atoms with Gasteiger partial charge in [0.15, 0.2) is 6.10 Å². The molecule has 2 aromatic carbocycles. The topological polar surface area (TPSA) is 173 Å². The minimum atomic E-state index is -0.618. The maximum Gasteiger partial charge on any atom is 0.251 e. The third kappa shape index (κ3) is 12.6. The van der Waals surface area contributed by atoms with Crippen molar-refractivity contribution in [3.05, 3.63) is 77.4 Å². The molecule has 1 saturated heterocycles. The second kappa shape index (κ2) is 20.7. The van der Waals surface area contributed by atoms with Gasteiger partial charge in [0.05, 0.1) is 24.4 Å². The van der Waals surface area contributed by atoms with Crippen LogP contribution in [0.3, 0.4) is 0 Å². The second-order valence-corrected chi connectivity index (χ2v) is 11.8. The first-order chi connectivity index (χ1) is 23.3. The normalized spacial score (nSPS) is 16.5. The fourth-order valence-corrected chi connectivity index (χ4v) is 4.95. The maximum absolute atomic E-state index is 13.3. The first kappa shape index (κ1) is 38.0. The highest BCUT2D eigenvalue weighted by Crippen LogP contribution is 2.27. The lowest BCUT2D eigenvalue weighted by Crippen LogP contribution is -2.49. The number of halogens is 1. The summed E-state index contributed by atoms with van der Waals surface area (Å²) in [5.41, 5.74) is 9.34. The van der Waals surface area contributed by atoms with E-state index in [2.05, 4.69) is 20.6 Å². The molecule has 3 aromatic rings. The molecule has 0 bridgehead atoms. The van der Waals surface area contributed by atoms with Crippen molar-refractivity contribution in [1.29, 1.82) is 10.8 Å². The number of aromatic nitrogens is 2. The number of amides is 1. The first-order valence-corrected chi connectivity index (χ1v) is 16.8. The largest absolute Gasteiger partial charge is 0.396 e. The molecule has 3 fully saturated rings. The van der Waals surface area contributed by atoms with Gasteiger partial charge in [0.2, 0.25) is 0 Å². The number of carbonyl (C=O) groups excluding carboxylic acids is 1. The Kier molecular flexibility index (Phi) is 16.4. The van der Waals surface area contributed by atoms with Crippen LogP contribution in [0, 0.1) is 16.6 Å². The number of nitrogens with two attached hydrogens (primary N) is 1. The Morgan fingerprint density at radius 1 is 1.08 bits per heavy atom. The second-order valence-electron chi connectivity index (χ2n) is 11.8. The molecular weight excluding hydrogens is 611 g/mol. The Morgan fingerprint density at radius 2 is 1.71 bits per heavy atom. The summed E-state index contributed by atoms with van der Waals surface area (Å²) in [6.45, 7) is 5.69. The minimum absolute atomic E-state index is 0.203. The Hall–Kier alpha value is -4.42. The van der Waals surface area contributed by atoms with Crippen molar-refractivity contribution in [3.8, 4) is 0 Å². The van der Waals surface area contributed by atoms with Gasteiger partial charge in [-0.05, 0) is 62.2 Å². The van der Waals surface area contributed by atoms with Crippen molar-refractivity contribution in [2.75, 3.05) is 42.3 Å². The lowest BCUT2D eigenvalue weighted by molar-refractivity contribution is -0.133. The quantitative estimate of drug-likeness (QED) is 0.158. The summed E-state index contributed by atoms with van der Waals surface area (Å²) in [6.07, 6.45) is 11.9. The van der Waals surface area contributed by atoms with Crippen molar-refractivity contribution in [1.82, 2.24) is 15.3 Å². The third-order valence-electron chi connectivity index (χ3n) is 7.66. The highest BCUT2D eigenvalue weighted by molar-refractivity contribution is 6.16. The van der Waals surface area contributed by atoms with E-state index >= 15 is 0 Å². The number of rotatable bonds is 9. The monoisotopic (exact) mass is 662 g/mol. The zero-order chi connectivity index (χ0) is 34.7. The summed E-state index contributed by atoms with van der Waals surface area (Å²) >= 11 is 0. The molecule has 3 aliphatic rings. The summed E-state index contributed by atoms with van der Waals surface area (Å²) < 4.78 is 18.9. The molecule has 2 saturated carbocycles. The summed E-state index contributed by atoms with van der Waals surface area (Å²) in [5.74, 6) is 0.363. The molecule has 7 N–H and O–H groups in total. The van der Waals surface area contributed by atoms with Gasteiger partial charge < -0.3 is 36.5 Å². The highest BCUT2D eigenvalue weighted by atomic mass is 19.1. The molecule has 1 amide bonds. The van der Waals surface area contributed by atoms with Gasteiger partial charge in [-0.15, -0.1) is 0 Å². The Balaban J connectivity index is 0.000000547. The molecule has 48 heavy (non-hydrogen) atoms. The zero-order valence-corrected chi connectivity index (χ0v) is 28.2. The van der Waals surface area contributed by atoms with Gasteiger partial charge in [0, 0.05) is 37.0 Å². The number of aliphatic hydroxyl groups is 1. The summed E-state index contributed by atoms with van der Waals surface area (Å²) in [5, 5.41) is 29.1. The van der Waals surface area contributed by atoms with E-state index in [0.717, 1.165) is 30.5 Å². The van der Waals surface area contributed by atoms with Crippen LogP contribution in [-0.2, 0) is 16.1 Å². The van der Waals surface area contributed by atoms with Crippen LogP contribution < -0.4 is 21.3 Å². The van der Waals surface area contributed by atoms with E-state index in [1.807, 2.05) is 36.1 Å². The van der Waals surface area contributed by atoms with E-state index in [-0.39, 0.29) is 23.3 Å². The van der Waals surface area contributed by atoms with Crippen LogP contribution in [0.15, 0.2) is 54.9 Å². The molecule has 1 unspecified atom stereocenters. The Bertz CT molecular complexity index is 1410. The fourth-order valence-electron chi connectivity index (χ4n) is 4.95. The molecule has 11 nitrogen and oxygen atoms in total. The van der Waals surface area contributed by atoms with Gasteiger partial charge in [-0.25, -0.2) is 14.4 Å². The van der Waals surface area contributed by atoms with Gasteiger partial charge in [0.25, 0.3) is 5.91 Å². The predicted octanol–water partition coefficient (Wildman–Crippen LogP) is 5.71. The average Bonchev–Trinajstić information content (AvgIpc) is 3.92. The van der Waals surface area contributed by atoms with Crippen molar-refractivity contribution in [2.24, 2.45) is 0 Å². The predicted molar refractivity (Wildman–Crippen MR) is 191 cm³/mol. The molecule has 1 aromatic heterocycles. The van der Waals surface area contributed by atoms with E-state index in [4.69, 9.17) is 26.4 Å². The van der Waals surface area contributed by atoms with Crippen LogP contribution in [-0.4, -0.2) is 71.4 Å². The van der Waals surface area contributed by atoms with Crippen molar-refractivity contribution >= 4 is 35.2 Å². The lowest BCUT2D eigenvalue weighted by atomic mass is 10.0. The number of aliphatic hydroxyl groups excluding tert-OH is 1. The van der Waals surface area contributed by atoms with Crippen LogP contribution in [0.5, 0.6) is 0 Å². The van der Waals surface area contributed by atoms with Gasteiger partial charge in [-0.1, -0.05) is 63.3 Å². The molecule has 0 spiro atoms. The SMILES string of the molecule is C1CC1.CC=N.CCCO.N=C(c1ccc(CNC(=O)C2CN(c3ccc(F)cc3)CCO2)cc1)c1c(N)ncnc1NC1CCCC1. The number of ether oxygens (including phenoxy) is 1. The molecule has 1 aliphatic heterocycles. The van der Waals surface area contributed by atoms with Crippen LogP contribution in [0.25, 0.3) is 0 Å². The molecule has 1 atom stereocenters. The van der Waals surface area contributed by atoms with Crippen molar-refractivity contribution in [3.63, 3.8) is 0 Å². The highest BCUT2D eigenvalue weighted by Gasteiger charge is 2.27. The van der Waals surface area contributed by atoms with Gasteiger partial charge in [0.1, 0.15) is 23.8 Å². The molecule has 2 heterocycles. The minimum Gasteiger partial charge on any atom is -0.396 e. The van der Waals surface area contributed by atoms with E-state index in [0.29, 0.717) is 55.8 Å². The fraction of sp³-hybridized carbons (Fsp3) is 0.472. The Morgan fingerprint density at radius 3 is 2.29 bits per heavy atom. The summed E-state index contributed by atoms with van der Waals surface area (Å²) in [4.78, 5) is 23.3.